The van der Waals surface area contributed by atoms with E-state index in [1.165, 1.54) is 6.07 Å². The minimum absolute atomic E-state index is 0.0910. The van der Waals surface area contributed by atoms with E-state index in [9.17, 15) is 13.6 Å². The van der Waals surface area contributed by atoms with E-state index >= 15 is 0 Å². The van der Waals surface area contributed by atoms with E-state index < -0.39 is 11.6 Å². The number of carbonyl (C=O) groups excluding carboxylic acids is 1. The molecule has 0 radical (unpaired) electrons. The normalized spacial score (nSPS) is 13.9. The lowest BCUT2D eigenvalue weighted by Crippen LogP contribution is -2.38. The lowest BCUT2D eigenvalue weighted by molar-refractivity contribution is -0.130. The molecule has 168 valence electrons. The first-order valence-corrected chi connectivity index (χ1v) is 11.9. The van der Waals surface area contributed by atoms with E-state index in [2.05, 4.69) is 0 Å². The predicted octanol–water partition coefficient (Wildman–Crippen LogP) is 5.01. The molecule has 1 aliphatic heterocycles. The molecule has 0 spiro atoms. The Morgan fingerprint density at radius 3 is 2.56 bits per heavy atom. The van der Waals surface area contributed by atoms with E-state index in [1.54, 1.807) is 4.68 Å². The average Bonchev–Trinajstić information content (AvgIpc) is 3.17. The minimum Gasteiger partial charge on any atom is -0.436 e. The summed E-state index contributed by atoms with van der Waals surface area (Å²) in [6.07, 6.45) is 1.38. The summed E-state index contributed by atoms with van der Waals surface area (Å²) in [6, 6.07) is 12.6. The van der Waals surface area contributed by atoms with E-state index in [0.717, 1.165) is 53.7 Å². The zero-order valence-electron chi connectivity index (χ0n) is 17.9. The Morgan fingerprint density at radius 1 is 1.12 bits per heavy atom. The molecular formula is C24H25F2N3O2S. The number of carbonyl (C=O) groups is 1. The molecule has 1 aromatic heterocycles. The molecule has 3 aromatic rings. The molecule has 4 rings (SSSR count). The zero-order valence-corrected chi connectivity index (χ0v) is 18.7. The number of benzene rings is 2. The third kappa shape index (κ3) is 4.96. The number of rotatable bonds is 7. The Labute approximate surface area is 190 Å². The number of nitrogens with zero attached hydrogens (tertiary/aromatic N) is 3. The fourth-order valence-corrected chi connectivity index (χ4v) is 4.63. The molecule has 0 bridgehead atoms. The first-order valence-electron chi connectivity index (χ1n) is 10.7. The van der Waals surface area contributed by atoms with Gasteiger partial charge in [-0.15, -0.1) is 0 Å². The molecule has 1 aliphatic rings. The van der Waals surface area contributed by atoms with Crippen LogP contribution in [0.4, 0.5) is 8.78 Å². The lowest BCUT2D eigenvalue weighted by Gasteiger charge is -2.26. The second kappa shape index (κ2) is 10.2. The van der Waals surface area contributed by atoms with Crippen molar-refractivity contribution in [2.45, 2.75) is 26.2 Å². The maximum atomic E-state index is 14.4. The number of halogens is 2. The van der Waals surface area contributed by atoms with Gasteiger partial charge in [0, 0.05) is 42.6 Å². The molecule has 0 N–H and O–H groups in total. The molecule has 8 heteroatoms. The van der Waals surface area contributed by atoms with E-state index in [4.69, 9.17) is 9.84 Å². The zero-order chi connectivity index (χ0) is 22.5. The first-order chi connectivity index (χ1) is 15.6. The monoisotopic (exact) mass is 457 g/mol. The summed E-state index contributed by atoms with van der Waals surface area (Å²) in [5.41, 5.74) is 2.30. The number of hydrogen-bond donors (Lipinski definition) is 0. The summed E-state index contributed by atoms with van der Waals surface area (Å²) >= 11 is 1.85. The molecule has 5 nitrogen and oxygen atoms in total. The van der Waals surface area contributed by atoms with Gasteiger partial charge in [-0.05, 0) is 37.1 Å². The summed E-state index contributed by atoms with van der Waals surface area (Å²) in [4.78, 5) is 14.6. The number of aryl methyl sites for hydroxylation is 1. The molecule has 1 fully saturated rings. The highest BCUT2D eigenvalue weighted by Crippen LogP contribution is 2.33. The molecule has 1 amide bonds. The molecule has 1 saturated heterocycles. The average molecular weight is 458 g/mol. The topological polar surface area (TPSA) is 47.4 Å². The number of ether oxygens (including phenoxy) is 1. The summed E-state index contributed by atoms with van der Waals surface area (Å²) in [5, 5.41) is 4.70. The summed E-state index contributed by atoms with van der Waals surface area (Å²) in [6.45, 7) is 3.50. The SMILES string of the molecule is CCc1nn(-c2ccccc2)c(Oc2ccc(F)cc2F)c1CCC(=O)N1CCSCC1. The van der Waals surface area contributed by atoms with Gasteiger partial charge in [0.15, 0.2) is 11.6 Å². The van der Waals surface area contributed by atoms with Gasteiger partial charge in [-0.2, -0.15) is 16.9 Å². The van der Waals surface area contributed by atoms with Crippen LogP contribution in [0.2, 0.25) is 0 Å². The Morgan fingerprint density at radius 2 is 1.88 bits per heavy atom. The van der Waals surface area contributed by atoms with Gasteiger partial charge in [0.1, 0.15) is 5.82 Å². The Hall–Kier alpha value is -2.87. The van der Waals surface area contributed by atoms with Crippen LogP contribution >= 0.6 is 11.8 Å². The van der Waals surface area contributed by atoms with Crippen molar-refractivity contribution >= 4 is 17.7 Å². The van der Waals surface area contributed by atoms with E-state index in [0.29, 0.717) is 25.1 Å². The van der Waals surface area contributed by atoms with Crippen molar-refractivity contribution in [3.05, 3.63) is 71.4 Å². The van der Waals surface area contributed by atoms with Crippen LogP contribution in [0.15, 0.2) is 48.5 Å². The van der Waals surface area contributed by atoms with Crippen LogP contribution in [0, 0.1) is 11.6 Å². The molecule has 0 aliphatic carbocycles. The van der Waals surface area contributed by atoms with Crippen LogP contribution in [0.5, 0.6) is 11.6 Å². The highest BCUT2D eigenvalue weighted by Gasteiger charge is 2.24. The Balaban J connectivity index is 1.68. The number of para-hydroxylation sites is 1. The van der Waals surface area contributed by atoms with Gasteiger partial charge in [0.25, 0.3) is 0 Å². The third-order valence-electron chi connectivity index (χ3n) is 5.41. The Kier molecular flexibility index (Phi) is 7.09. The molecule has 2 heterocycles. The number of thioether (sulfide) groups is 1. The highest BCUT2D eigenvalue weighted by molar-refractivity contribution is 7.99. The predicted molar refractivity (Wildman–Crippen MR) is 122 cm³/mol. The van der Waals surface area contributed by atoms with Crippen molar-refractivity contribution in [1.29, 1.82) is 0 Å². The van der Waals surface area contributed by atoms with Gasteiger partial charge < -0.3 is 9.64 Å². The van der Waals surface area contributed by atoms with Crippen molar-refractivity contribution in [3.63, 3.8) is 0 Å². The number of hydrogen-bond acceptors (Lipinski definition) is 4. The molecule has 0 saturated carbocycles. The van der Waals surface area contributed by atoms with Crippen molar-refractivity contribution in [2.24, 2.45) is 0 Å². The largest absolute Gasteiger partial charge is 0.436 e. The maximum Gasteiger partial charge on any atom is 0.226 e. The summed E-state index contributed by atoms with van der Waals surface area (Å²) < 4.78 is 35.4. The third-order valence-corrected chi connectivity index (χ3v) is 6.35. The van der Waals surface area contributed by atoms with Gasteiger partial charge in [0.05, 0.1) is 11.4 Å². The van der Waals surface area contributed by atoms with Gasteiger partial charge in [-0.25, -0.2) is 13.5 Å². The second-order valence-electron chi connectivity index (χ2n) is 7.50. The van der Waals surface area contributed by atoms with Crippen LogP contribution in [0.1, 0.15) is 24.6 Å². The van der Waals surface area contributed by atoms with Gasteiger partial charge >= 0.3 is 0 Å². The summed E-state index contributed by atoms with van der Waals surface area (Å²) in [7, 11) is 0. The van der Waals surface area contributed by atoms with Crippen LogP contribution in [-0.2, 0) is 17.6 Å². The van der Waals surface area contributed by atoms with E-state index in [1.807, 2.05) is 53.9 Å². The molecule has 0 atom stereocenters. The minimum atomic E-state index is -0.795. The smallest absolute Gasteiger partial charge is 0.226 e. The summed E-state index contributed by atoms with van der Waals surface area (Å²) in [5.74, 6) is 0.792. The van der Waals surface area contributed by atoms with Crippen molar-refractivity contribution in [3.8, 4) is 17.3 Å². The van der Waals surface area contributed by atoms with Crippen LogP contribution in [0.25, 0.3) is 5.69 Å². The quantitative estimate of drug-likeness (QED) is 0.500. The maximum absolute atomic E-state index is 14.4. The van der Waals surface area contributed by atoms with Gasteiger partial charge in [0.2, 0.25) is 11.8 Å². The Bertz CT molecular complexity index is 1080. The van der Waals surface area contributed by atoms with E-state index in [-0.39, 0.29) is 11.7 Å². The lowest BCUT2D eigenvalue weighted by atomic mass is 10.1. The fourth-order valence-electron chi connectivity index (χ4n) is 3.73. The van der Waals surface area contributed by atoms with Gasteiger partial charge in [-0.1, -0.05) is 25.1 Å². The number of aromatic nitrogens is 2. The molecular weight excluding hydrogens is 432 g/mol. The van der Waals surface area contributed by atoms with Crippen molar-refractivity contribution in [2.75, 3.05) is 24.6 Å². The number of amides is 1. The molecule has 32 heavy (non-hydrogen) atoms. The second-order valence-corrected chi connectivity index (χ2v) is 8.73. The van der Waals surface area contributed by atoms with Crippen LogP contribution < -0.4 is 4.74 Å². The molecule has 2 aromatic carbocycles. The molecule has 0 unspecified atom stereocenters. The highest BCUT2D eigenvalue weighted by atomic mass is 32.2. The van der Waals surface area contributed by atoms with Crippen LogP contribution in [-0.4, -0.2) is 45.2 Å². The van der Waals surface area contributed by atoms with Crippen LogP contribution in [0.3, 0.4) is 0 Å². The van der Waals surface area contributed by atoms with Crippen molar-refractivity contribution in [1.82, 2.24) is 14.7 Å². The fraction of sp³-hybridized carbons (Fsp3) is 0.333. The van der Waals surface area contributed by atoms with Gasteiger partial charge in [-0.3, -0.25) is 4.79 Å². The standard InChI is InChI=1S/C24H25F2N3O2S/c1-2-21-19(9-11-23(30)28-12-14-32-15-13-28)24(29(27-21)18-6-4-3-5-7-18)31-22-10-8-17(25)16-20(22)26/h3-8,10,16H,2,9,11-15H2,1H3. The first kappa shape index (κ1) is 22.3. The van der Waals surface area contributed by atoms with Crippen molar-refractivity contribution < 1.29 is 18.3 Å².